The molecular formula is C12H15NO5. The standard InChI is InChI=1S/C12H15NO5/c1-3-18-10(14)7-5-8-4-6-9(12(15)16)13-11(8)17-2/h4,6H,3,5,7H2,1-2H3,(H,15,16). The Bertz CT molecular complexity index is 444. The van der Waals surface area contributed by atoms with E-state index >= 15 is 0 Å². The highest BCUT2D eigenvalue weighted by Gasteiger charge is 2.12. The van der Waals surface area contributed by atoms with Crippen LogP contribution in [0.25, 0.3) is 0 Å². The van der Waals surface area contributed by atoms with Crippen molar-refractivity contribution < 1.29 is 24.2 Å². The van der Waals surface area contributed by atoms with Crippen LogP contribution in [-0.2, 0) is 16.0 Å². The maximum Gasteiger partial charge on any atom is 0.354 e. The Morgan fingerprint density at radius 3 is 2.67 bits per heavy atom. The number of rotatable bonds is 6. The zero-order chi connectivity index (χ0) is 13.5. The molecule has 18 heavy (non-hydrogen) atoms. The first-order valence-electron chi connectivity index (χ1n) is 5.51. The lowest BCUT2D eigenvalue weighted by atomic mass is 10.1. The largest absolute Gasteiger partial charge is 0.481 e. The number of hydrogen-bond donors (Lipinski definition) is 1. The van der Waals surface area contributed by atoms with Crippen molar-refractivity contribution in [3.05, 3.63) is 23.4 Å². The number of carboxylic acids is 1. The predicted molar refractivity (Wildman–Crippen MR) is 62.7 cm³/mol. The van der Waals surface area contributed by atoms with Crippen LogP contribution in [0, 0.1) is 0 Å². The van der Waals surface area contributed by atoms with Crippen molar-refractivity contribution in [2.45, 2.75) is 19.8 Å². The summed E-state index contributed by atoms with van der Waals surface area (Å²) >= 11 is 0. The van der Waals surface area contributed by atoms with Crippen molar-refractivity contribution in [3.63, 3.8) is 0 Å². The molecule has 1 N–H and O–H groups in total. The molecule has 0 aromatic carbocycles. The molecule has 0 aliphatic carbocycles. The van der Waals surface area contributed by atoms with Gasteiger partial charge < -0.3 is 14.6 Å². The Morgan fingerprint density at radius 1 is 1.39 bits per heavy atom. The molecule has 6 heteroatoms. The molecule has 1 heterocycles. The van der Waals surface area contributed by atoms with Gasteiger partial charge in [-0.25, -0.2) is 9.78 Å². The Kier molecular flexibility index (Phi) is 5.10. The second-order valence-electron chi connectivity index (χ2n) is 3.48. The number of nitrogens with zero attached hydrogens (tertiary/aromatic N) is 1. The van der Waals surface area contributed by atoms with Gasteiger partial charge in [0.15, 0.2) is 5.69 Å². The van der Waals surface area contributed by atoms with Gasteiger partial charge >= 0.3 is 11.9 Å². The summed E-state index contributed by atoms with van der Waals surface area (Å²) in [6.45, 7) is 2.08. The second kappa shape index (κ2) is 6.58. The van der Waals surface area contributed by atoms with E-state index in [0.717, 1.165) is 0 Å². The topological polar surface area (TPSA) is 85.7 Å². The maximum atomic E-state index is 11.2. The van der Waals surface area contributed by atoms with Crippen molar-refractivity contribution in [1.29, 1.82) is 0 Å². The molecule has 0 saturated heterocycles. The van der Waals surface area contributed by atoms with Crippen molar-refractivity contribution in [1.82, 2.24) is 4.98 Å². The minimum Gasteiger partial charge on any atom is -0.481 e. The highest BCUT2D eigenvalue weighted by molar-refractivity contribution is 5.85. The molecule has 0 aliphatic rings. The predicted octanol–water partition coefficient (Wildman–Crippen LogP) is 1.28. The van der Waals surface area contributed by atoms with Crippen LogP contribution in [0.15, 0.2) is 12.1 Å². The van der Waals surface area contributed by atoms with Gasteiger partial charge in [0, 0.05) is 12.0 Å². The van der Waals surface area contributed by atoms with Gasteiger partial charge in [-0.1, -0.05) is 6.07 Å². The summed E-state index contributed by atoms with van der Waals surface area (Å²) in [5, 5.41) is 8.79. The summed E-state index contributed by atoms with van der Waals surface area (Å²) in [5.41, 5.74) is 0.585. The Labute approximate surface area is 105 Å². The molecule has 0 saturated carbocycles. The smallest absolute Gasteiger partial charge is 0.354 e. The fourth-order valence-electron chi connectivity index (χ4n) is 1.43. The molecule has 0 radical (unpaired) electrons. The summed E-state index contributed by atoms with van der Waals surface area (Å²) in [6.07, 6.45) is 0.604. The van der Waals surface area contributed by atoms with E-state index in [1.165, 1.54) is 13.2 Å². The average molecular weight is 253 g/mol. The van der Waals surface area contributed by atoms with Gasteiger partial charge in [-0.3, -0.25) is 4.79 Å². The van der Waals surface area contributed by atoms with Gasteiger partial charge in [0.25, 0.3) is 0 Å². The molecule has 0 atom stereocenters. The summed E-state index contributed by atoms with van der Waals surface area (Å²) in [5.74, 6) is -1.20. The molecule has 1 aromatic rings. The number of pyridine rings is 1. The number of carbonyl (C=O) groups excluding carboxylic acids is 1. The molecule has 98 valence electrons. The second-order valence-corrected chi connectivity index (χ2v) is 3.48. The highest BCUT2D eigenvalue weighted by Crippen LogP contribution is 2.18. The fraction of sp³-hybridized carbons (Fsp3) is 0.417. The van der Waals surface area contributed by atoms with Gasteiger partial charge in [-0.05, 0) is 19.4 Å². The van der Waals surface area contributed by atoms with Gasteiger partial charge in [-0.15, -0.1) is 0 Å². The fourth-order valence-corrected chi connectivity index (χ4v) is 1.43. The minimum absolute atomic E-state index is 0.0910. The van der Waals surface area contributed by atoms with E-state index in [0.29, 0.717) is 18.6 Å². The van der Waals surface area contributed by atoms with Gasteiger partial charge in [-0.2, -0.15) is 0 Å². The average Bonchev–Trinajstić information content (AvgIpc) is 2.36. The zero-order valence-corrected chi connectivity index (χ0v) is 10.3. The van der Waals surface area contributed by atoms with Gasteiger partial charge in [0.05, 0.1) is 13.7 Å². The van der Waals surface area contributed by atoms with Crippen molar-refractivity contribution in [2.24, 2.45) is 0 Å². The lowest BCUT2D eigenvalue weighted by molar-refractivity contribution is -0.143. The Balaban J connectivity index is 2.76. The number of aromatic nitrogens is 1. The van der Waals surface area contributed by atoms with Crippen LogP contribution in [0.1, 0.15) is 29.4 Å². The first-order valence-corrected chi connectivity index (χ1v) is 5.51. The van der Waals surface area contributed by atoms with Crippen LogP contribution in [0.3, 0.4) is 0 Å². The molecular weight excluding hydrogens is 238 g/mol. The Hall–Kier alpha value is -2.11. The summed E-state index contributed by atoms with van der Waals surface area (Å²) in [4.78, 5) is 25.8. The summed E-state index contributed by atoms with van der Waals surface area (Å²) in [7, 11) is 1.40. The molecule has 0 spiro atoms. The molecule has 1 rings (SSSR count). The monoisotopic (exact) mass is 253 g/mol. The third-order valence-electron chi connectivity index (χ3n) is 2.26. The number of aryl methyl sites for hydroxylation is 1. The van der Waals surface area contributed by atoms with E-state index in [4.69, 9.17) is 14.6 Å². The SMILES string of the molecule is CCOC(=O)CCc1ccc(C(=O)O)nc1OC. The van der Waals surface area contributed by atoms with Crippen molar-refractivity contribution in [3.8, 4) is 5.88 Å². The third kappa shape index (κ3) is 3.73. The van der Waals surface area contributed by atoms with Crippen LogP contribution in [0.2, 0.25) is 0 Å². The number of carboxylic acid groups (broad SMARTS) is 1. The van der Waals surface area contributed by atoms with Crippen LogP contribution in [0.5, 0.6) is 5.88 Å². The third-order valence-corrected chi connectivity index (χ3v) is 2.26. The minimum atomic E-state index is -1.12. The van der Waals surface area contributed by atoms with Crippen LogP contribution >= 0.6 is 0 Å². The lowest BCUT2D eigenvalue weighted by Gasteiger charge is -2.07. The number of carbonyl (C=O) groups is 2. The van der Waals surface area contributed by atoms with E-state index in [1.807, 2.05) is 0 Å². The van der Waals surface area contributed by atoms with E-state index in [9.17, 15) is 9.59 Å². The molecule has 0 fully saturated rings. The summed E-state index contributed by atoms with van der Waals surface area (Å²) < 4.78 is 9.81. The highest BCUT2D eigenvalue weighted by atomic mass is 16.5. The van der Waals surface area contributed by atoms with Crippen LogP contribution < -0.4 is 4.74 Å². The van der Waals surface area contributed by atoms with E-state index in [-0.39, 0.29) is 24.0 Å². The van der Waals surface area contributed by atoms with E-state index in [1.54, 1.807) is 13.0 Å². The van der Waals surface area contributed by atoms with Crippen LogP contribution in [-0.4, -0.2) is 35.7 Å². The number of methoxy groups -OCH3 is 1. The number of aromatic carboxylic acids is 1. The maximum absolute atomic E-state index is 11.2. The molecule has 0 amide bonds. The molecule has 0 unspecified atom stereocenters. The number of hydrogen-bond acceptors (Lipinski definition) is 5. The first kappa shape index (κ1) is 14.0. The molecule has 6 nitrogen and oxygen atoms in total. The Morgan fingerprint density at radius 2 is 2.11 bits per heavy atom. The molecule has 0 aliphatic heterocycles. The van der Waals surface area contributed by atoms with Gasteiger partial charge in [0.2, 0.25) is 5.88 Å². The van der Waals surface area contributed by atoms with Crippen LogP contribution in [0.4, 0.5) is 0 Å². The number of esters is 1. The zero-order valence-electron chi connectivity index (χ0n) is 10.3. The lowest BCUT2D eigenvalue weighted by Crippen LogP contribution is -2.08. The quantitative estimate of drug-likeness (QED) is 0.769. The normalized spacial score (nSPS) is 9.89. The van der Waals surface area contributed by atoms with E-state index in [2.05, 4.69) is 4.98 Å². The van der Waals surface area contributed by atoms with Crippen molar-refractivity contribution >= 4 is 11.9 Å². The summed E-state index contributed by atoms with van der Waals surface area (Å²) in [6, 6.07) is 2.97. The van der Waals surface area contributed by atoms with E-state index < -0.39 is 5.97 Å². The molecule has 0 bridgehead atoms. The molecule has 1 aromatic heterocycles. The first-order chi connectivity index (χ1) is 8.58. The van der Waals surface area contributed by atoms with Crippen molar-refractivity contribution in [2.75, 3.05) is 13.7 Å². The number of ether oxygens (including phenoxy) is 2. The van der Waals surface area contributed by atoms with Gasteiger partial charge in [0.1, 0.15) is 0 Å².